The zero-order chi connectivity index (χ0) is 19.7. The van der Waals surface area contributed by atoms with Crippen molar-refractivity contribution in [2.45, 2.75) is 24.9 Å². The Bertz CT molecular complexity index is 874. The molecule has 4 rings (SSSR count). The summed E-state index contributed by atoms with van der Waals surface area (Å²) in [7, 11) is 0.954. The molecule has 10 heteroatoms. The molecule has 0 saturated carbocycles. The molecule has 1 amide bonds. The molecule has 1 unspecified atom stereocenters. The molecular formula is C18H24BN5O4. The highest BCUT2D eigenvalue weighted by atomic mass is 16.5. The van der Waals surface area contributed by atoms with Crippen molar-refractivity contribution in [2.75, 3.05) is 32.2 Å². The first-order valence-electron chi connectivity index (χ1n) is 9.40. The predicted octanol–water partition coefficient (Wildman–Crippen LogP) is -0.465. The summed E-state index contributed by atoms with van der Waals surface area (Å²) in [4.78, 5) is 12.0. The van der Waals surface area contributed by atoms with Crippen LogP contribution in [0.4, 0.5) is 11.5 Å². The number of nitrogens with two attached hydrogens (primary N) is 1. The first-order chi connectivity index (χ1) is 13.6. The van der Waals surface area contributed by atoms with Crippen molar-refractivity contribution in [3.05, 3.63) is 35.5 Å². The number of likely N-dealkylation sites (N-methyl/N-ethyl adjacent to an activating group) is 1. The minimum atomic E-state index is -0.950. The zero-order valence-electron chi connectivity index (χ0n) is 15.7. The van der Waals surface area contributed by atoms with Crippen molar-refractivity contribution >= 4 is 30.0 Å². The van der Waals surface area contributed by atoms with E-state index in [4.69, 9.17) is 15.1 Å². The molecule has 1 saturated heterocycles. The number of carbonyl (C=O) groups is 1. The molecule has 1 aromatic heterocycles. The maximum absolute atomic E-state index is 12.0. The molecule has 3 heterocycles. The van der Waals surface area contributed by atoms with Crippen LogP contribution in [0.1, 0.15) is 28.4 Å². The van der Waals surface area contributed by atoms with Crippen LogP contribution in [0.15, 0.2) is 24.4 Å². The summed E-state index contributed by atoms with van der Waals surface area (Å²) in [5, 5.41) is 21.1. The highest BCUT2D eigenvalue weighted by molar-refractivity contribution is 6.61. The van der Waals surface area contributed by atoms with Gasteiger partial charge >= 0.3 is 7.12 Å². The summed E-state index contributed by atoms with van der Waals surface area (Å²) in [6.07, 6.45) is 3.27. The Kier molecular flexibility index (Phi) is 5.36. The number of nitrogens with one attached hydrogen (secondary N) is 2. The van der Waals surface area contributed by atoms with Gasteiger partial charge in [-0.2, -0.15) is 5.10 Å². The van der Waals surface area contributed by atoms with Gasteiger partial charge < -0.3 is 30.8 Å². The van der Waals surface area contributed by atoms with Gasteiger partial charge in [-0.15, -0.1) is 0 Å². The van der Waals surface area contributed by atoms with Gasteiger partial charge in [0.05, 0.1) is 12.6 Å². The second kappa shape index (κ2) is 7.92. The fraction of sp³-hybridized carbons (Fsp3) is 0.444. The molecule has 148 valence electrons. The molecule has 28 heavy (non-hydrogen) atoms. The smallest absolute Gasteiger partial charge is 0.423 e. The molecule has 0 bridgehead atoms. The Balaban J connectivity index is 1.63. The molecule has 0 aliphatic carbocycles. The number of amides is 1. The monoisotopic (exact) mass is 385 g/mol. The van der Waals surface area contributed by atoms with Crippen LogP contribution >= 0.6 is 0 Å². The number of benzene rings is 1. The summed E-state index contributed by atoms with van der Waals surface area (Å²) in [6, 6.07) is 5.80. The lowest BCUT2D eigenvalue weighted by atomic mass is 9.73. The van der Waals surface area contributed by atoms with Gasteiger partial charge in [0.25, 0.3) is 5.91 Å². The molecule has 0 radical (unpaired) electrons. The van der Waals surface area contributed by atoms with Gasteiger partial charge in [-0.1, -0.05) is 6.07 Å². The summed E-state index contributed by atoms with van der Waals surface area (Å²) >= 11 is 0. The fourth-order valence-corrected chi connectivity index (χ4v) is 3.79. The van der Waals surface area contributed by atoms with Crippen LogP contribution in [0.3, 0.4) is 0 Å². The van der Waals surface area contributed by atoms with Gasteiger partial charge in [0, 0.05) is 31.1 Å². The van der Waals surface area contributed by atoms with E-state index in [1.807, 2.05) is 25.2 Å². The molecule has 5 N–H and O–H groups in total. The predicted molar refractivity (Wildman–Crippen MR) is 105 cm³/mol. The van der Waals surface area contributed by atoms with Crippen molar-refractivity contribution in [2.24, 2.45) is 5.73 Å². The van der Waals surface area contributed by atoms with E-state index in [0.29, 0.717) is 42.4 Å². The van der Waals surface area contributed by atoms with E-state index in [1.54, 1.807) is 10.9 Å². The van der Waals surface area contributed by atoms with Crippen molar-refractivity contribution in [1.82, 2.24) is 15.1 Å². The third-order valence-electron chi connectivity index (χ3n) is 5.36. The lowest BCUT2D eigenvalue weighted by Gasteiger charge is -2.31. The van der Waals surface area contributed by atoms with Gasteiger partial charge in [-0.25, -0.2) is 0 Å². The number of anilines is 2. The summed E-state index contributed by atoms with van der Waals surface area (Å²) in [5.41, 5.74) is 8.33. The SMILES string of the molecule is CN[C@H]1CCOCC1n1cc(C(N)=O)c(Nc2ccc3c(c2)B(O)OCC3)n1. The number of nitrogens with zero attached hydrogens (tertiary/aromatic N) is 2. The first kappa shape index (κ1) is 18.9. The van der Waals surface area contributed by atoms with Gasteiger partial charge in [-0.05, 0) is 43.0 Å². The highest BCUT2D eigenvalue weighted by Gasteiger charge is 2.29. The normalized spacial score (nSPS) is 22.0. The first-order valence-corrected chi connectivity index (χ1v) is 9.40. The third kappa shape index (κ3) is 3.63. The molecular weight excluding hydrogens is 361 g/mol. The van der Waals surface area contributed by atoms with Crippen LogP contribution in [-0.2, 0) is 15.8 Å². The number of hydrogen-bond donors (Lipinski definition) is 4. The molecule has 2 aromatic rings. The van der Waals surface area contributed by atoms with Gasteiger partial charge in [0.1, 0.15) is 5.56 Å². The van der Waals surface area contributed by atoms with Crippen LogP contribution in [-0.4, -0.2) is 60.7 Å². The van der Waals surface area contributed by atoms with Crippen LogP contribution in [0.25, 0.3) is 0 Å². The number of carbonyl (C=O) groups excluding carboxylic acids is 1. The van der Waals surface area contributed by atoms with E-state index in [-0.39, 0.29) is 12.1 Å². The Morgan fingerprint density at radius 1 is 1.43 bits per heavy atom. The zero-order valence-corrected chi connectivity index (χ0v) is 15.7. The van der Waals surface area contributed by atoms with Crippen LogP contribution in [0, 0.1) is 0 Å². The third-order valence-corrected chi connectivity index (χ3v) is 5.36. The Hall–Kier alpha value is -2.40. The number of rotatable bonds is 5. The summed E-state index contributed by atoms with van der Waals surface area (Å²) < 4.78 is 12.6. The number of ether oxygens (including phenoxy) is 1. The molecule has 2 aliphatic heterocycles. The average molecular weight is 385 g/mol. The van der Waals surface area contributed by atoms with Crippen LogP contribution < -0.4 is 21.8 Å². The standard InChI is InChI=1S/C18H24BN5O4/c1-21-15-5-6-27-10-16(15)24-9-13(17(20)25)18(23-24)22-12-3-2-11-4-7-28-19(26)14(11)8-12/h2-3,8-9,15-16,21,26H,4-7,10H2,1H3,(H2,20,25)(H,22,23)/t15-,16?/m0/s1. The number of hydrogen-bond acceptors (Lipinski definition) is 7. The van der Waals surface area contributed by atoms with Crippen molar-refractivity contribution in [3.63, 3.8) is 0 Å². The van der Waals surface area contributed by atoms with Crippen LogP contribution in [0.2, 0.25) is 0 Å². The number of aromatic nitrogens is 2. The molecule has 1 fully saturated rings. The lowest BCUT2D eigenvalue weighted by molar-refractivity contribution is 0.0347. The molecule has 2 atom stereocenters. The number of fused-ring (bicyclic) bond motifs is 1. The fourth-order valence-electron chi connectivity index (χ4n) is 3.79. The Morgan fingerprint density at radius 3 is 3.07 bits per heavy atom. The van der Waals surface area contributed by atoms with Crippen molar-refractivity contribution in [3.8, 4) is 0 Å². The highest BCUT2D eigenvalue weighted by Crippen LogP contribution is 2.25. The van der Waals surface area contributed by atoms with Crippen molar-refractivity contribution < 1.29 is 19.2 Å². The van der Waals surface area contributed by atoms with E-state index in [9.17, 15) is 9.82 Å². The van der Waals surface area contributed by atoms with Gasteiger partial charge in [-0.3, -0.25) is 9.48 Å². The lowest BCUT2D eigenvalue weighted by Crippen LogP contribution is -2.42. The minimum absolute atomic E-state index is 0.0360. The molecule has 1 aromatic carbocycles. The van der Waals surface area contributed by atoms with Crippen molar-refractivity contribution in [1.29, 1.82) is 0 Å². The largest absolute Gasteiger partial charge is 0.491 e. The van der Waals surface area contributed by atoms with E-state index in [1.165, 1.54) is 0 Å². The molecule has 0 spiro atoms. The number of primary amides is 1. The summed E-state index contributed by atoms with van der Waals surface area (Å²) in [5.74, 6) is -0.188. The van der Waals surface area contributed by atoms with E-state index in [0.717, 1.165) is 18.4 Å². The maximum atomic E-state index is 12.0. The molecule has 9 nitrogen and oxygen atoms in total. The van der Waals surface area contributed by atoms with E-state index in [2.05, 4.69) is 15.7 Å². The quantitative estimate of drug-likeness (QED) is 0.514. The Morgan fingerprint density at radius 2 is 2.29 bits per heavy atom. The van der Waals surface area contributed by atoms with Gasteiger partial charge in [0.2, 0.25) is 0 Å². The van der Waals surface area contributed by atoms with Gasteiger partial charge in [0.15, 0.2) is 5.82 Å². The summed E-state index contributed by atoms with van der Waals surface area (Å²) in [6.45, 7) is 1.69. The second-order valence-corrected chi connectivity index (χ2v) is 7.07. The van der Waals surface area contributed by atoms with E-state index < -0.39 is 13.0 Å². The molecule has 2 aliphatic rings. The second-order valence-electron chi connectivity index (χ2n) is 7.07. The minimum Gasteiger partial charge on any atom is -0.423 e. The average Bonchev–Trinajstić information content (AvgIpc) is 3.12. The topological polar surface area (TPSA) is 124 Å². The van der Waals surface area contributed by atoms with Crippen LogP contribution in [0.5, 0.6) is 0 Å². The van der Waals surface area contributed by atoms with E-state index >= 15 is 0 Å². The maximum Gasteiger partial charge on any atom is 0.491 e. The Labute approximate surface area is 163 Å².